The first-order valence-corrected chi connectivity index (χ1v) is 16.6. The fourth-order valence-corrected chi connectivity index (χ4v) is 4.49. The minimum atomic E-state index is -2.39. The molecule has 1 unspecified atom stereocenters. The quantitative estimate of drug-likeness (QED) is 0.103. The molecule has 2 aromatic carbocycles. The van der Waals surface area contributed by atoms with Gasteiger partial charge in [0.2, 0.25) is 34.8 Å². The number of hydrogen-bond donors (Lipinski definition) is 1. The van der Waals surface area contributed by atoms with Gasteiger partial charge in [0.15, 0.2) is 0 Å². The lowest BCUT2D eigenvalue weighted by Gasteiger charge is -2.32. The van der Waals surface area contributed by atoms with Crippen molar-refractivity contribution in [3.05, 3.63) is 58.9 Å². The number of amides is 1. The van der Waals surface area contributed by atoms with E-state index in [2.05, 4.69) is 25.0 Å². The van der Waals surface area contributed by atoms with Crippen LogP contribution in [-0.2, 0) is 18.8 Å². The van der Waals surface area contributed by atoms with Gasteiger partial charge < -0.3 is 24.1 Å². The number of carbonyl (C=O) groups is 2. The third-order valence-electron chi connectivity index (χ3n) is 7.03. The summed E-state index contributed by atoms with van der Waals surface area (Å²) in [4.78, 5) is 25.5. The van der Waals surface area contributed by atoms with Crippen molar-refractivity contribution in [3.63, 3.8) is 0 Å². The van der Waals surface area contributed by atoms with Gasteiger partial charge in [0.05, 0.1) is 23.7 Å². The predicted octanol–water partition coefficient (Wildman–Crippen LogP) is 5.43. The maximum Gasteiger partial charge on any atom is 0.494 e. The Morgan fingerprint density at radius 1 is 0.927 bits per heavy atom. The first kappa shape index (κ1) is 32.5. The third-order valence-corrected chi connectivity index (χ3v) is 8.74. The Labute approximate surface area is 236 Å². The normalized spacial score (nSPS) is 16.8. The summed E-state index contributed by atoms with van der Waals surface area (Å²) in [5.74, 6) is -16.1. The van der Waals surface area contributed by atoms with Crippen molar-refractivity contribution in [2.24, 2.45) is 0 Å². The number of rotatable bonds is 9. The molecule has 224 valence electrons. The van der Waals surface area contributed by atoms with E-state index < -0.39 is 85.8 Å². The summed E-state index contributed by atoms with van der Waals surface area (Å²) in [6, 6.07) is 6.88. The molecule has 0 bridgehead atoms. The minimum Gasteiger partial charge on any atom is -0.450 e. The fourth-order valence-electron chi connectivity index (χ4n) is 3.77. The van der Waals surface area contributed by atoms with Crippen LogP contribution in [0.3, 0.4) is 0 Å². The van der Waals surface area contributed by atoms with Crippen LogP contribution < -0.4 is 15.5 Å². The summed E-state index contributed by atoms with van der Waals surface area (Å²) >= 11 is 0. The van der Waals surface area contributed by atoms with E-state index in [1.54, 1.807) is 12.1 Å². The molecule has 14 heteroatoms. The Balaban J connectivity index is 1.90. The number of nitrogens with one attached hydrogen (secondary N) is 1. The van der Waals surface area contributed by atoms with Crippen LogP contribution in [0, 0.1) is 29.1 Å². The van der Waals surface area contributed by atoms with Gasteiger partial charge in [-0.05, 0) is 44.8 Å². The lowest BCUT2D eigenvalue weighted by Crippen LogP contribution is -2.41. The van der Waals surface area contributed by atoms with Crippen molar-refractivity contribution in [1.82, 2.24) is 5.32 Å². The molecule has 1 aliphatic heterocycles. The molecule has 0 spiro atoms. The van der Waals surface area contributed by atoms with Crippen LogP contribution in [0.25, 0.3) is 0 Å². The number of alkyl carbamates (subject to hydrolysis) is 1. The van der Waals surface area contributed by atoms with Crippen molar-refractivity contribution in [2.45, 2.75) is 70.5 Å². The summed E-state index contributed by atoms with van der Waals surface area (Å²) < 4.78 is 91.5. The molecule has 0 radical (unpaired) electrons. The minimum absolute atomic E-state index is 0.138. The van der Waals surface area contributed by atoms with Gasteiger partial charge in [-0.1, -0.05) is 43.9 Å². The second-order valence-electron chi connectivity index (χ2n) is 12.0. The zero-order valence-corrected chi connectivity index (χ0v) is 24.9. The Morgan fingerprint density at radius 3 is 2.00 bits per heavy atom. The predicted molar refractivity (Wildman–Crippen MR) is 144 cm³/mol. The van der Waals surface area contributed by atoms with Crippen molar-refractivity contribution >= 4 is 32.7 Å². The van der Waals surface area contributed by atoms with Crippen molar-refractivity contribution in [2.75, 3.05) is 13.2 Å². The fraction of sp³-hybridized carbons (Fsp3) is 0.481. The van der Waals surface area contributed by atoms with Gasteiger partial charge in [-0.25, -0.2) is 18.0 Å². The molecule has 0 saturated carbocycles. The van der Waals surface area contributed by atoms with Crippen LogP contribution in [0.4, 0.5) is 26.7 Å². The molecule has 1 fully saturated rings. The molecule has 1 amide bonds. The van der Waals surface area contributed by atoms with Crippen LogP contribution in [0.5, 0.6) is 5.75 Å². The smallest absolute Gasteiger partial charge is 0.450 e. The molecule has 0 aromatic heterocycles. The molecule has 1 aliphatic rings. The highest BCUT2D eigenvalue weighted by Crippen LogP contribution is 2.37. The average Bonchev–Trinajstić information content (AvgIpc) is 3.10. The van der Waals surface area contributed by atoms with Crippen LogP contribution in [0.1, 0.15) is 39.2 Å². The number of carbonyl (C=O) groups excluding carboxylic acids is 2. The number of benzene rings is 2. The molecule has 1 saturated heterocycles. The molecule has 1 heterocycles. The lowest BCUT2D eigenvalue weighted by molar-refractivity contribution is -0.136. The maximum atomic E-state index is 14.3. The van der Waals surface area contributed by atoms with E-state index in [0.29, 0.717) is 11.5 Å². The molecule has 2 aromatic rings. The first-order valence-electron chi connectivity index (χ1n) is 12.9. The highest BCUT2D eigenvalue weighted by molar-refractivity contribution is 6.76. The average molecular weight is 601 g/mol. The number of esters is 1. The molecular formula is C27H33BF5NO6Si. The molecule has 3 rings (SSSR count). The summed E-state index contributed by atoms with van der Waals surface area (Å²) in [5, 5.41) is 2.41. The molecule has 1 N–H and O–H groups in total. The van der Waals surface area contributed by atoms with E-state index in [1.165, 1.54) is 12.1 Å². The summed E-state index contributed by atoms with van der Waals surface area (Å²) in [6.45, 7) is 13.3. The highest BCUT2D eigenvalue weighted by Gasteiger charge is 2.51. The largest absolute Gasteiger partial charge is 0.494 e. The van der Waals surface area contributed by atoms with Crippen LogP contribution in [0.2, 0.25) is 25.7 Å². The second kappa shape index (κ2) is 12.1. The Bertz CT molecular complexity index is 1270. The van der Waals surface area contributed by atoms with Gasteiger partial charge in [0.1, 0.15) is 0 Å². The van der Waals surface area contributed by atoms with Crippen LogP contribution in [0.15, 0.2) is 24.3 Å². The van der Waals surface area contributed by atoms with Crippen molar-refractivity contribution in [1.29, 1.82) is 0 Å². The zero-order valence-electron chi connectivity index (χ0n) is 23.9. The van der Waals surface area contributed by atoms with Crippen LogP contribution in [-0.4, -0.2) is 51.6 Å². The van der Waals surface area contributed by atoms with Gasteiger partial charge >= 0.3 is 19.2 Å². The second-order valence-corrected chi connectivity index (χ2v) is 17.6. The maximum absolute atomic E-state index is 14.3. The van der Waals surface area contributed by atoms with Crippen LogP contribution >= 0.6 is 0 Å². The molecular weight excluding hydrogens is 568 g/mol. The standard InChI is InChI=1S/C27H33BF5NO6Si/c1-26(2)27(3,4)40-28(39-26)16-10-8-9-15(13-16)17(14-34-25(36)37-11-12-41(5,6)7)24(35)38-23-21(32)19(30)18(29)20(31)22(23)33/h8-10,13,17H,11-12,14H2,1-7H3,(H,34,36). The van der Waals surface area contributed by atoms with Crippen molar-refractivity contribution in [3.8, 4) is 5.75 Å². The Morgan fingerprint density at radius 2 is 1.46 bits per heavy atom. The third kappa shape index (κ3) is 7.46. The molecule has 7 nitrogen and oxygen atoms in total. The van der Waals surface area contributed by atoms with E-state index in [9.17, 15) is 31.5 Å². The number of halogens is 5. The first-order chi connectivity index (χ1) is 18.8. The van der Waals surface area contributed by atoms with Gasteiger partial charge in [-0.3, -0.25) is 4.79 Å². The lowest BCUT2D eigenvalue weighted by atomic mass is 9.77. The van der Waals surface area contributed by atoms with E-state index in [1.807, 2.05) is 27.7 Å². The molecule has 41 heavy (non-hydrogen) atoms. The summed E-state index contributed by atoms with van der Waals surface area (Å²) in [5.41, 5.74) is -0.695. The monoisotopic (exact) mass is 601 g/mol. The number of ether oxygens (including phenoxy) is 2. The van der Waals surface area contributed by atoms with Gasteiger partial charge in [0.25, 0.3) is 0 Å². The molecule has 0 aliphatic carbocycles. The molecule has 1 atom stereocenters. The van der Waals surface area contributed by atoms with Crippen molar-refractivity contribution < 1.29 is 50.3 Å². The van der Waals surface area contributed by atoms with E-state index >= 15 is 0 Å². The topological polar surface area (TPSA) is 83.1 Å². The summed E-state index contributed by atoms with van der Waals surface area (Å²) in [7, 11) is -2.35. The van der Waals surface area contributed by atoms with Gasteiger partial charge in [-0.2, -0.15) is 8.78 Å². The highest BCUT2D eigenvalue weighted by atomic mass is 28.3. The van der Waals surface area contributed by atoms with E-state index in [4.69, 9.17) is 18.8 Å². The Hall–Kier alpha value is -2.97. The van der Waals surface area contributed by atoms with Gasteiger partial charge in [0, 0.05) is 14.6 Å². The van der Waals surface area contributed by atoms with E-state index in [-0.39, 0.29) is 12.2 Å². The summed E-state index contributed by atoms with van der Waals surface area (Å²) in [6.07, 6.45) is -0.862. The number of hydrogen-bond acceptors (Lipinski definition) is 6. The SMILES string of the molecule is CC1(C)OB(c2cccc(C(CNC(=O)OCC[Si](C)(C)C)C(=O)Oc3c(F)c(F)c(F)c(F)c3F)c2)OC1(C)C. The van der Waals surface area contributed by atoms with E-state index in [0.717, 1.165) is 0 Å². The van der Waals surface area contributed by atoms with Gasteiger partial charge in [-0.15, -0.1) is 0 Å². The Kier molecular flexibility index (Phi) is 9.61. The zero-order chi connectivity index (χ0) is 30.9.